The Morgan fingerprint density at radius 1 is 0.914 bits per heavy atom. The first-order valence-corrected chi connectivity index (χ1v) is 14.0. The van der Waals surface area contributed by atoms with Gasteiger partial charge in [-0.1, -0.05) is 55.5 Å². The molecule has 2 aromatic rings. The normalized spacial score (nSPS) is 31.6. The number of carbonyl (C=O) groups is 1. The summed E-state index contributed by atoms with van der Waals surface area (Å²) in [7, 11) is 0. The van der Waals surface area contributed by atoms with Crippen LogP contribution in [0.2, 0.25) is 0 Å². The lowest BCUT2D eigenvalue weighted by molar-refractivity contribution is 0.184. The number of carbonyl (C=O) groups excluding carboxylic acids is 1. The van der Waals surface area contributed by atoms with Crippen molar-refractivity contribution in [1.82, 2.24) is 15.5 Å². The van der Waals surface area contributed by atoms with E-state index in [0.717, 1.165) is 44.6 Å². The molecule has 2 fully saturated rings. The Morgan fingerprint density at radius 3 is 2.29 bits per heavy atom. The van der Waals surface area contributed by atoms with Crippen molar-refractivity contribution in [3.63, 3.8) is 0 Å². The number of aryl methyl sites for hydroxylation is 1. The van der Waals surface area contributed by atoms with Gasteiger partial charge in [0.05, 0.1) is 0 Å². The second-order valence-electron chi connectivity index (χ2n) is 12.1. The molecule has 3 unspecified atom stereocenters. The van der Waals surface area contributed by atoms with Crippen molar-refractivity contribution in [2.45, 2.75) is 89.3 Å². The van der Waals surface area contributed by atoms with E-state index in [1.54, 1.807) is 11.1 Å². The summed E-state index contributed by atoms with van der Waals surface area (Å²) in [4.78, 5) is 15.5. The first-order valence-electron chi connectivity index (χ1n) is 14.0. The largest absolute Gasteiger partial charge is 0.338 e. The zero-order valence-corrected chi connectivity index (χ0v) is 21.3. The summed E-state index contributed by atoms with van der Waals surface area (Å²) >= 11 is 0. The summed E-state index contributed by atoms with van der Waals surface area (Å²) in [6, 6.07) is 19.6. The van der Waals surface area contributed by atoms with Crippen LogP contribution in [0, 0.1) is 11.3 Å². The molecule has 4 heteroatoms. The Labute approximate surface area is 210 Å². The first-order chi connectivity index (χ1) is 17.1. The Bertz CT molecular complexity index is 1030. The quantitative estimate of drug-likeness (QED) is 0.518. The summed E-state index contributed by atoms with van der Waals surface area (Å²) in [5.74, 6) is 0.806. The maximum absolute atomic E-state index is 12.7. The number of nitrogens with zero attached hydrogens (tertiary/aromatic N) is 1. The van der Waals surface area contributed by atoms with E-state index in [2.05, 4.69) is 71.0 Å². The molecule has 2 bridgehead atoms. The van der Waals surface area contributed by atoms with Crippen LogP contribution in [0.3, 0.4) is 0 Å². The highest BCUT2D eigenvalue weighted by atomic mass is 16.2. The highest BCUT2D eigenvalue weighted by Crippen LogP contribution is 2.53. The Balaban J connectivity index is 0.918. The van der Waals surface area contributed by atoms with Crippen LogP contribution in [0.15, 0.2) is 48.5 Å². The molecule has 186 valence electrons. The number of benzene rings is 2. The summed E-state index contributed by atoms with van der Waals surface area (Å²) in [5.41, 5.74) is 6.27. The molecule has 0 aromatic heterocycles. The average molecular weight is 472 g/mol. The van der Waals surface area contributed by atoms with Crippen molar-refractivity contribution in [2.24, 2.45) is 11.3 Å². The summed E-state index contributed by atoms with van der Waals surface area (Å²) in [6.07, 6.45) is 12.0. The van der Waals surface area contributed by atoms with Crippen LogP contribution in [0.4, 0.5) is 4.79 Å². The van der Waals surface area contributed by atoms with Gasteiger partial charge in [0.2, 0.25) is 0 Å². The molecule has 4 aliphatic rings. The fourth-order valence-corrected chi connectivity index (χ4v) is 7.53. The highest BCUT2D eigenvalue weighted by molar-refractivity contribution is 5.74. The fraction of sp³-hybridized carbons (Fsp3) is 0.581. The number of nitrogens with one attached hydrogen (secondary N) is 2. The maximum atomic E-state index is 12.7. The van der Waals surface area contributed by atoms with Crippen molar-refractivity contribution < 1.29 is 4.79 Å². The number of rotatable bonds is 6. The Hall–Kier alpha value is -2.33. The van der Waals surface area contributed by atoms with Gasteiger partial charge >= 0.3 is 6.03 Å². The molecule has 3 atom stereocenters. The van der Waals surface area contributed by atoms with Crippen LogP contribution in [0.1, 0.15) is 92.6 Å². The molecule has 35 heavy (non-hydrogen) atoms. The summed E-state index contributed by atoms with van der Waals surface area (Å²) in [6.45, 7) is 4.30. The van der Waals surface area contributed by atoms with Gasteiger partial charge in [0.15, 0.2) is 0 Å². The van der Waals surface area contributed by atoms with Gasteiger partial charge in [-0.15, -0.1) is 0 Å². The molecule has 2 amide bonds. The molecule has 2 aliphatic heterocycles. The van der Waals surface area contributed by atoms with E-state index in [9.17, 15) is 4.79 Å². The van der Waals surface area contributed by atoms with Crippen LogP contribution in [-0.4, -0.2) is 30.1 Å². The van der Waals surface area contributed by atoms with E-state index < -0.39 is 0 Å². The fourth-order valence-electron chi connectivity index (χ4n) is 7.53. The van der Waals surface area contributed by atoms with E-state index in [1.807, 2.05) is 0 Å². The average Bonchev–Trinajstić information content (AvgIpc) is 3.43. The van der Waals surface area contributed by atoms with Gasteiger partial charge in [-0.05, 0) is 104 Å². The third-order valence-electron chi connectivity index (χ3n) is 9.61. The van der Waals surface area contributed by atoms with Crippen molar-refractivity contribution in [1.29, 1.82) is 0 Å². The van der Waals surface area contributed by atoms with Crippen LogP contribution >= 0.6 is 0 Å². The van der Waals surface area contributed by atoms with Gasteiger partial charge < -0.3 is 10.6 Å². The van der Waals surface area contributed by atoms with E-state index in [1.165, 1.54) is 49.8 Å². The number of amides is 2. The lowest BCUT2D eigenvalue weighted by Crippen LogP contribution is -2.47. The zero-order chi connectivity index (χ0) is 23.8. The van der Waals surface area contributed by atoms with Gasteiger partial charge in [-0.3, -0.25) is 4.90 Å². The SMILES string of the molecule is CC1(CNC(=O)NC2CCC(CCN3C4CCC3c3ccccc34)CC2)CCc2ccccc2C1. The monoisotopic (exact) mass is 471 g/mol. The lowest BCUT2D eigenvalue weighted by Gasteiger charge is -2.35. The molecule has 1 saturated heterocycles. The second-order valence-corrected chi connectivity index (χ2v) is 12.1. The molecule has 1 saturated carbocycles. The summed E-state index contributed by atoms with van der Waals surface area (Å²) < 4.78 is 0. The molecular formula is C31H41N3O. The molecule has 0 spiro atoms. The van der Waals surface area contributed by atoms with Gasteiger partial charge in [0, 0.05) is 24.7 Å². The van der Waals surface area contributed by atoms with Crippen LogP contribution < -0.4 is 10.6 Å². The van der Waals surface area contributed by atoms with E-state index in [-0.39, 0.29) is 11.4 Å². The van der Waals surface area contributed by atoms with E-state index >= 15 is 0 Å². The number of fused-ring (bicyclic) bond motifs is 6. The lowest BCUT2D eigenvalue weighted by atomic mass is 9.73. The second kappa shape index (κ2) is 9.61. The van der Waals surface area contributed by atoms with Crippen molar-refractivity contribution in [3.8, 4) is 0 Å². The number of hydrogen-bond donors (Lipinski definition) is 2. The molecule has 0 radical (unpaired) electrons. The topological polar surface area (TPSA) is 44.4 Å². The zero-order valence-electron chi connectivity index (χ0n) is 21.3. The van der Waals surface area contributed by atoms with Crippen molar-refractivity contribution in [2.75, 3.05) is 13.1 Å². The van der Waals surface area contributed by atoms with Gasteiger partial charge in [-0.25, -0.2) is 4.79 Å². The van der Waals surface area contributed by atoms with Gasteiger partial charge in [0.1, 0.15) is 0 Å². The minimum atomic E-state index is 0.0277. The molecule has 2 N–H and O–H groups in total. The predicted octanol–water partition coefficient (Wildman–Crippen LogP) is 6.32. The van der Waals surface area contributed by atoms with E-state index in [0.29, 0.717) is 18.1 Å². The molecule has 2 aliphatic carbocycles. The number of hydrogen-bond acceptors (Lipinski definition) is 2. The summed E-state index contributed by atoms with van der Waals surface area (Å²) in [5, 5.41) is 6.50. The maximum Gasteiger partial charge on any atom is 0.315 e. The molecular weight excluding hydrogens is 430 g/mol. The molecule has 2 aromatic carbocycles. The Morgan fingerprint density at radius 2 is 1.57 bits per heavy atom. The van der Waals surface area contributed by atoms with Crippen LogP contribution in [-0.2, 0) is 12.8 Å². The highest BCUT2D eigenvalue weighted by Gasteiger charge is 2.43. The molecule has 6 rings (SSSR count). The first kappa shape index (κ1) is 23.1. The van der Waals surface area contributed by atoms with Crippen LogP contribution in [0.25, 0.3) is 0 Å². The van der Waals surface area contributed by atoms with Crippen molar-refractivity contribution >= 4 is 6.03 Å². The smallest absolute Gasteiger partial charge is 0.315 e. The van der Waals surface area contributed by atoms with E-state index in [4.69, 9.17) is 0 Å². The Kier molecular flexibility index (Phi) is 6.34. The van der Waals surface area contributed by atoms with Crippen molar-refractivity contribution in [3.05, 3.63) is 70.8 Å². The van der Waals surface area contributed by atoms with Gasteiger partial charge in [-0.2, -0.15) is 0 Å². The molecule has 2 heterocycles. The standard InChI is InChI=1S/C31H41N3O/c1-31(18-16-23-6-2-3-7-24(23)20-31)21-32-30(35)33-25-12-10-22(11-13-25)17-19-34-28-14-15-29(34)27-9-5-4-8-26(27)28/h2-9,22,25,28-29H,10-21H2,1H3,(H2,32,33,35). The number of urea groups is 1. The third-order valence-corrected chi connectivity index (χ3v) is 9.61. The minimum absolute atomic E-state index is 0.0277. The third kappa shape index (κ3) is 4.74. The van der Waals surface area contributed by atoms with Gasteiger partial charge in [0.25, 0.3) is 0 Å². The van der Waals surface area contributed by atoms with Crippen LogP contribution in [0.5, 0.6) is 0 Å². The minimum Gasteiger partial charge on any atom is -0.338 e. The predicted molar refractivity (Wildman–Crippen MR) is 141 cm³/mol. The molecule has 4 nitrogen and oxygen atoms in total.